The molecule has 114 valence electrons. The van der Waals surface area contributed by atoms with Gasteiger partial charge < -0.3 is 5.11 Å². The molecular weight excluding hydrogens is 269 g/mol. The van der Waals surface area contributed by atoms with Crippen LogP contribution in [0.25, 0.3) is 0 Å². The van der Waals surface area contributed by atoms with Gasteiger partial charge in [0.05, 0.1) is 11.7 Å². The summed E-state index contributed by atoms with van der Waals surface area (Å²) in [5.41, 5.74) is 0.189. The number of fused-ring (bicyclic) bond motifs is 2. The maximum atomic E-state index is 13.7. The van der Waals surface area contributed by atoms with E-state index in [2.05, 4.69) is 4.90 Å². The molecule has 3 rings (SSSR count). The number of carbonyl (C=O) groups is 1. The number of aliphatic hydroxyl groups excluding tert-OH is 1. The number of rotatable bonds is 4. The molecule has 1 aromatic rings. The van der Waals surface area contributed by atoms with Gasteiger partial charge in [-0.05, 0) is 37.8 Å². The summed E-state index contributed by atoms with van der Waals surface area (Å²) in [6.45, 7) is 2.54. The molecule has 2 saturated heterocycles. The zero-order chi connectivity index (χ0) is 15.0. The van der Waals surface area contributed by atoms with Gasteiger partial charge in [-0.1, -0.05) is 19.1 Å². The highest BCUT2D eigenvalue weighted by atomic mass is 19.1. The van der Waals surface area contributed by atoms with Gasteiger partial charge in [0.15, 0.2) is 5.78 Å². The van der Waals surface area contributed by atoms with Crippen LogP contribution in [0.15, 0.2) is 24.3 Å². The molecule has 0 spiro atoms. The fourth-order valence-corrected chi connectivity index (χ4v) is 3.87. The van der Waals surface area contributed by atoms with E-state index in [0.717, 1.165) is 25.7 Å². The van der Waals surface area contributed by atoms with Crippen LogP contribution in [0, 0.1) is 11.7 Å². The molecule has 1 aromatic carbocycles. The number of hydrogen-bond acceptors (Lipinski definition) is 3. The Labute approximate surface area is 124 Å². The Bertz CT molecular complexity index is 519. The molecule has 2 heterocycles. The minimum atomic E-state index is -0.439. The molecule has 0 radical (unpaired) electrons. The third kappa shape index (κ3) is 2.87. The largest absolute Gasteiger partial charge is 0.393 e. The molecule has 0 amide bonds. The van der Waals surface area contributed by atoms with Gasteiger partial charge in [-0.25, -0.2) is 4.39 Å². The monoisotopic (exact) mass is 291 g/mol. The van der Waals surface area contributed by atoms with Gasteiger partial charge >= 0.3 is 0 Å². The van der Waals surface area contributed by atoms with E-state index in [4.69, 9.17) is 0 Å². The van der Waals surface area contributed by atoms with Crippen LogP contribution < -0.4 is 0 Å². The van der Waals surface area contributed by atoms with E-state index < -0.39 is 5.82 Å². The third-order valence-electron chi connectivity index (χ3n) is 4.93. The van der Waals surface area contributed by atoms with Crippen LogP contribution >= 0.6 is 0 Å². The van der Waals surface area contributed by atoms with Gasteiger partial charge in [-0.15, -0.1) is 0 Å². The molecule has 2 aliphatic rings. The van der Waals surface area contributed by atoms with Gasteiger partial charge in [0.25, 0.3) is 0 Å². The van der Waals surface area contributed by atoms with E-state index in [0.29, 0.717) is 18.6 Å². The van der Waals surface area contributed by atoms with Gasteiger partial charge in [-0.2, -0.15) is 0 Å². The van der Waals surface area contributed by atoms with E-state index in [9.17, 15) is 14.3 Å². The van der Waals surface area contributed by atoms with Crippen molar-refractivity contribution in [3.05, 3.63) is 35.6 Å². The van der Waals surface area contributed by atoms with Crippen LogP contribution in [0.4, 0.5) is 4.39 Å². The number of Topliss-reactive ketones (excluding diaryl/α,β-unsaturated/α-hetero) is 1. The first-order chi connectivity index (χ1) is 10.1. The number of aliphatic hydroxyl groups is 1. The second kappa shape index (κ2) is 5.85. The van der Waals surface area contributed by atoms with E-state index >= 15 is 0 Å². The van der Waals surface area contributed by atoms with Crippen molar-refractivity contribution in [1.82, 2.24) is 4.90 Å². The summed E-state index contributed by atoms with van der Waals surface area (Å²) < 4.78 is 13.7. The third-order valence-corrected chi connectivity index (χ3v) is 4.93. The number of halogens is 1. The lowest BCUT2D eigenvalue weighted by atomic mass is 9.94. The summed E-state index contributed by atoms with van der Waals surface area (Å²) >= 11 is 0. The van der Waals surface area contributed by atoms with Crippen molar-refractivity contribution in [2.75, 3.05) is 6.54 Å². The van der Waals surface area contributed by atoms with Crippen molar-refractivity contribution in [1.29, 1.82) is 0 Å². The summed E-state index contributed by atoms with van der Waals surface area (Å²) in [5, 5.41) is 9.82. The summed E-state index contributed by atoms with van der Waals surface area (Å²) in [5.74, 6) is -0.787. The molecule has 2 bridgehead atoms. The number of piperidine rings is 1. The summed E-state index contributed by atoms with van der Waals surface area (Å²) in [6.07, 6.45) is 3.61. The van der Waals surface area contributed by atoms with E-state index in [1.807, 2.05) is 6.92 Å². The quantitative estimate of drug-likeness (QED) is 0.867. The second-order valence-corrected chi connectivity index (χ2v) is 6.45. The lowest BCUT2D eigenvalue weighted by Gasteiger charge is -2.38. The van der Waals surface area contributed by atoms with E-state index in [-0.39, 0.29) is 23.4 Å². The Morgan fingerprint density at radius 2 is 1.95 bits per heavy atom. The SMILES string of the molecule is CC(CN1C2CCC1CC(O)C2)C(=O)c1ccccc1F. The van der Waals surface area contributed by atoms with Crippen LogP contribution in [-0.4, -0.2) is 40.5 Å². The molecule has 4 heteroatoms. The van der Waals surface area contributed by atoms with Gasteiger partial charge in [0.2, 0.25) is 0 Å². The molecule has 3 atom stereocenters. The molecule has 3 nitrogen and oxygen atoms in total. The highest BCUT2D eigenvalue weighted by Gasteiger charge is 2.41. The van der Waals surface area contributed by atoms with Crippen molar-refractivity contribution in [2.24, 2.45) is 5.92 Å². The maximum absolute atomic E-state index is 13.7. The number of benzene rings is 1. The first-order valence-corrected chi connectivity index (χ1v) is 7.79. The minimum Gasteiger partial charge on any atom is -0.393 e. The lowest BCUT2D eigenvalue weighted by Crippen LogP contribution is -2.47. The fourth-order valence-electron chi connectivity index (χ4n) is 3.87. The van der Waals surface area contributed by atoms with Crippen LogP contribution in [-0.2, 0) is 0 Å². The Morgan fingerprint density at radius 3 is 2.57 bits per heavy atom. The minimum absolute atomic E-state index is 0.126. The number of hydrogen-bond donors (Lipinski definition) is 1. The zero-order valence-electron chi connectivity index (χ0n) is 12.3. The molecule has 1 N–H and O–H groups in total. The van der Waals surface area contributed by atoms with Gasteiger partial charge in [-0.3, -0.25) is 9.69 Å². The standard InChI is InChI=1S/C17H22FNO2/c1-11(17(21)15-4-2-3-5-16(15)18)10-19-12-6-7-13(19)9-14(20)8-12/h2-5,11-14,20H,6-10H2,1H3. The van der Waals surface area contributed by atoms with Crippen LogP contribution in [0.1, 0.15) is 43.0 Å². The highest BCUT2D eigenvalue weighted by Crippen LogP contribution is 2.36. The van der Waals surface area contributed by atoms with Crippen LogP contribution in [0.5, 0.6) is 0 Å². The second-order valence-electron chi connectivity index (χ2n) is 6.45. The van der Waals surface area contributed by atoms with Gasteiger partial charge in [0, 0.05) is 24.5 Å². The lowest BCUT2D eigenvalue weighted by molar-refractivity contribution is 0.0281. The summed E-state index contributed by atoms with van der Waals surface area (Å²) in [4.78, 5) is 14.8. The Hall–Kier alpha value is -1.26. The first kappa shape index (κ1) is 14.7. The molecular formula is C17H22FNO2. The van der Waals surface area contributed by atoms with Crippen molar-refractivity contribution in [3.63, 3.8) is 0 Å². The maximum Gasteiger partial charge on any atom is 0.169 e. The molecule has 3 unspecified atom stereocenters. The molecule has 0 aromatic heterocycles. The summed E-state index contributed by atoms with van der Waals surface area (Å²) in [6, 6.07) is 6.96. The molecule has 0 saturated carbocycles. The van der Waals surface area contributed by atoms with Crippen molar-refractivity contribution < 1.29 is 14.3 Å². The Morgan fingerprint density at radius 1 is 1.33 bits per heavy atom. The van der Waals surface area contributed by atoms with Crippen molar-refractivity contribution in [2.45, 2.75) is 50.8 Å². The van der Waals surface area contributed by atoms with Crippen molar-refractivity contribution >= 4 is 5.78 Å². The molecule has 0 aliphatic carbocycles. The number of ketones is 1. The van der Waals surface area contributed by atoms with Crippen LogP contribution in [0.3, 0.4) is 0 Å². The van der Waals surface area contributed by atoms with Gasteiger partial charge in [0.1, 0.15) is 5.82 Å². The molecule has 2 fully saturated rings. The smallest absolute Gasteiger partial charge is 0.169 e. The average molecular weight is 291 g/mol. The molecule has 21 heavy (non-hydrogen) atoms. The number of carbonyl (C=O) groups excluding carboxylic acids is 1. The fraction of sp³-hybridized carbons (Fsp3) is 0.588. The Balaban J connectivity index is 1.68. The topological polar surface area (TPSA) is 40.5 Å². The molecule has 2 aliphatic heterocycles. The normalized spacial score (nSPS) is 30.3. The van der Waals surface area contributed by atoms with E-state index in [1.165, 1.54) is 6.07 Å². The Kier molecular flexibility index (Phi) is 4.09. The first-order valence-electron chi connectivity index (χ1n) is 7.79. The predicted molar refractivity (Wildman–Crippen MR) is 78.7 cm³/mol. The average Bonchev–Trinajstić information content (AvgIpc) is 2.70. The van der Waals surface area contributed by atoms with E-state index in [1.54, 1.807) is 18.2 Å². The predicted octanol–water partition coefficient (Wildman–Crippen LogP) is 2.63. The van der Waals surface area contributed by atoms with Crippen LogP contribution in [0.2, 0.25) is 0 Å². The zero-order valence-corrected chi connectivity index (χ0v) is 12.3. The highest BCUT2D eigenvalue weighted by molar-refractivity contribution is 5.98. The van der Waals surface area contributed by atoms with Crippen molar-refractivity contribution in [3.8, 4) is 0 Å². The number of nitrogens with zero attached hydrogens (tertiary/aromatic N) is 1. The summed E-state index contributed by atoms with van der Waals surface area (Å²) in [7, 11) is 0.